The van der Waals surface area contributed by atoms with Gasteiger partial charge in [-0.3, -0.25) is 32.7 Å². The Balaban J connectivity index is 2.44. The number of phosphoric ester groups is 1. The fraction of sp³-hybridized carbons (Fsp3) is 0.600. The van der Waals surface area contributed by atoms with Gasteiger partial charge in [0.15, 0.2) is 12.3 Å². The van der Waals surface area contributed by atoms with Gasteiger partial charge in [-0.2, -0.15) is 0 Å². The van der Waals surface area contributed by atoms with Crippen molar-refractivity contribution in [3.05, 3.63) is 34.9 Å². The molecule has 0 aliphatic carbocycles. The number of hydrogen-bond acceptors (Lipinski definition) is 13. The Kier molecular flexibility index (Phi) is 13.6. The third-order valence-electron chi connectivity index (χ3n) is 5.32. The van der Waals surface area contributed by atoms with Gasteiger partial charge in [0.05, 0.1) is 12.7 Å². The molecule has 230 valence electrons. The molecule has 0 aromatic heterocycles. The molecule has 0 spiro atoms. The van der Waals surface area contributed by atoms with Gasteiger partial charge in [-0.25, -0.2) is 8.96 Å². The smallest absolute Gasteiger partial charge is 0.463 e. The highest BCUT2D eigenvalue weighted by atomic mass is 35.5. The van der Waals surface area contributed by atoms with Crippen molar-refractivity contribution in [3.8, 4) is 0 Å². The molecule has 0 radical (unpaired) electrons. The van der Waals surface area contributed by atoms with Gasteiger partial charge in [0.25, 0.3) is 0 Å². The van der Waals surface area contributed by atoms with E-state index < -0.39 is 81.8 Å². The van der Waals surface area contributed by atoms with E-state index in [1.165, 1.54) is 6.92 Å². The summed E-state index contributed by atoms with van der Waals surface area (Å²) in [6.07, 6.45) is -9.33. The van der Waals surface area contributed by atoms with E-state index in [1.54, 1.807) is 24.3 Å². The quantitative estimate of drug-likeness (QED) is 0.126. The standard InChI is InChI=1S/C25H33ClFO13P/c1-14(36-17(4)30)24(21(27)12-33-15(2)28)38-25(23(37-18(5)31)13-34-16(3)29)40-41(32)35-10-9-22(39-41)19-7-6-8-20(26)11-19/h6-8,11,14,21-25H,9-10,12-13H2,1-5H3/t14-,21-,22+,23+,24?,25?,41+/m0/s1. The minimum absolute atomic E-state index is 0.102. The minimum Gasteiger partial charge on any atom is -0.463 e. The first-order valence-electron chi connectivity index (χ1n) is 12.5. The number of ether oxygens (including phenoxy) is 5. The molecular formula is C25H33ClFO13P. The lowest BCUT2D eigenvalue weighted by Gasteiger charge is -2.36. The molecule has 1 fully saturated rings. The summed E-state index contributed by atoms with van der Waals surface area (Å²) in [6, 6.07) is 6.58. The molecule has 16 heteroatoms. The third-order valence-corrected chi connectivity index (χ3v) is 7.03. The van der Waals surface area contributed by atoms with Crippen molar-refractivity contribution in [2.45, 2.75) is 77.9 Å². The number of alkyl halides is 1. The molecule has 13 nitrogen and oxygen atoms in total. The molecule has 0 N–H and O–H groups in total. The van der Waals surface area contributed by atoms with Crippen LogP contribution < -0.4 is 0 Å². The molecule has 1 aliphatic rings. The molecule has 0 amide bonds. The zero-order valence-electron chi connectivity index (χ0n) is 23.1. The van der Waals surface area contributed by atoms with Crippen LogP contribution in [-0.4, -0.2) is 74.5 Å². The van der Waals surface area contributed by atoms with E-state index in [1.807, 2.05) is 0 Å². The van der Waals surface area contributed by atoms with Crippen LogP contribution in [0, 0.1) is 0 Å². The fourth-order valence-electron chi connectivity index (χ4n) is 3.65. The van der Waals surface area contributed by atoms with Gasteiger partial charge in [0.1, 0.15) is 25.4 Å². The maximum atomic E-state index is 15.3. The number of hydrogen-bond donors (Lipinski definition) is 0. The zero-order valence-corrected chi connectivity index (χ0v) is 24.8. The average molecular weight is 627 g/mol. The zero-order chi connectivity index (χ0) is 30.7. The Morgan fingerprint density at radius 1 is 1.02 bits per heavy atom. The van der Waals surface area contributed by atoms with E-state index in [0.29, 0.717) is 10.6 Å². The number of halogens is 2. The van der Waals surface area contributed by atoms with Crippen LogP contribution in [0.1, 0.15) is 52.7 Å². The molecule has 1 aromatic rings. The molecule has 1 saturated heterocycles. The van der Waals surface area contributed by atoms with Gasteiger partial charge in [-0.05, 0) is 24.6 Å². The summed E-state index contributed by atoms with van der Waals surface area (Å²) in [6.45, 7) is 3.92. The molecule has 1 aromatic carbocycles. The van der Waals surface area contributed by atoms with Crippen LogP contribution in [0.15, 0.2) is 24.3 Å². The van der Waals surface area contributed by atoms with Crippen molar-refractivity contribution in [1.82, 2.24) is 0 Å². The summed E-state index contributed by atoms with van der Waals surface area (Å²) in [5.41, 5.74) is 0.560. The first kappa shape index (κ1) is 34.6. The number of esters is 4. The first-order chi connectivity index (χ1) is 19.2. The molecule has 7 atom stereocenters. The molecule has 1 aliphatic heterocycles. The van der Waals surface area contributed by atoms with Gasteiger partial charge in [-0.15, -0.1) is 0 Å². The normalized spacial score (nSPS) is 22.4. The summed E-state index contributed by atoms with van der Waals surface area (Å²) in [7, 11) is -4.54. The monoisotopic (exact) mass is 626 g/mol. The van der Waals surface area contributed by atoms with Crippen LogP contribution in [-0.2, 0) is 61.0 Å². The summed E-state index contributed by atoms with van der Waals surface area (Å²) in [5, 5.41) is 0.398. The number of carbonyl (C=O) groups is 4. The second kappa shape index (κ2) is 16.1. The second-order valence-electron chi connectivity index (χ2n) is 8.88. The van der Waals surface area contributed by atoms with Crippen LogP contribution in [0.25, 0.3) is 0 Å². The Morgan fingerprint density at radius 2 is 1.66 bits per heavy atom. The van der Waals surface area contributed by atoms with E-state index >= 15 is 4.39 Å². The fourth-order valence-corrected chi connectivity index (χ4v) is 5.33. The van der Waals surface area contributed by atoms with Crippen molar-refractivity contribution in [2.75, 3.05) is 19.8 Å². The lowest BCUT2D eigenvalue weighted by atomic mass is 10.1. The predicted molar refractivity (Wildman–Crippen MR) is 138 cm³/mol. The van der Waals surface area contributed by atoms with Gasteiger partial charge in [0.2, 0.25) is 6.29 Å². The molecule has 1 heterocycles. The van der Waals surface area contributed by atoms with Gasteiger partial charge < -0.3 is 23.7 Å². The van der Waals surface area contributed by atoms with Crippen LogP contribution in [0.5, 0.6) is 0 Å². The molecule has 0 saturated carbocycles. The lowest BCUT2D eigenvalue weighted by Crippen LogP contribution is -2.48. The predicted octanol–water partition coefficient (Wildman–Crippen LogP) is 4.00. The highest BCUT2D eigenvalue weighted by Gasteiger charge is 2.45. The Bertz CT molecular complexity index is 1120. The molecule has 2 unspecified atom stereocenters. The summed E-state index contributed by atoms with van der Waals surface area (Å²) >= 11 is 6.07. The maximum absolute atomic E-state index is 15.3. The molecule has 0 bridgehead atoms. The van der Waals surface area contributed by atoms with E-state index in [4.69, 9.17) is 48.9 Å². The summed E-state index contributed by atoms with van der Waals surface area (Å²) in [5.74, 6) is -3.26. The van der Waals surface area contributed by atoms with Crippen molar-refractivity contribution in [2.24, 2.45) is 0 Å². The van der Waals surface area contributed by atoms with Crippen LogP contribution in [0.2, 0.25) is 5.02 Å². The van der Waals surface area contributed by atoms with Crippen LogP contribution in [0.4, 0.5) is 4.39 Å². The number of phosphoric acid groups is 1. The average Bonchev–Trinajstić information content (AvgIpc) is 2.86. The Hall–Kier alpha value is -2.61. The van der Waals surface area contributed by atoms with Gasteiger partial charge in [0, 0.05) is 39.1 Å². The summed E-state index contributed by atoms with van der Waals surface area (Å²) < 4.78 is 71.2. The summed E-state index contributed by atoms with van der Waals surface area (Å²) in [4.78, 5) is 46.3. The number of carbonyl (C=O) groups excluding carboxylic acids is 4. The maximum Gasteiger partial charge on any atom is 0.477 e. The Morgan fingerprint density at radius 3 is 2.24 bits per heavy atom. The highest BCUT2D eigenvalue weighted by Crippen LogP contribution is 2.58. The molecule has 2 rings (SSSR count). The van der Waals surface area contributed by atoms with Crippen molar-refractivity contribution in [1.29, 1.82) is 0 Å². The number of benzene rings is 1. The SMILES string of the molecule is CC(=O)OC[C@H](F)C(OC(O[P@]1(=O)OCC[C@H](c2cccc(Cl)c2)O1)[C@@H](COC(C)=O)OC(C)=O)[C@H](C)OC(C)=O. The van der Waals surface area contributed by atoms with Crippen molar-refractivity contribution >= 4 is 43.3 Å². The van der Waals surface area contributed by atoms with Crippen molar-refractivity contribution in [3.63, 3.8) is 0 Å². The number of rotatable bonds is 14. The highest BCUT2D eigenvalue weighted by molar-refractivity contribution is 7.48. The van der Waals surface area contributed by atoms with Gasteiger partial charge in [-0.1, -0.05) is 23.7 Å². The first-order valence-corrected chi connectivity index (χ1v) is 14.3. The van der Waals surface area contributed by atoms with Crippen molar-refractivity contribution < 1.29 is 65.4 Å². The largest absolute Gasteiger partial charge is 0.477 e. The third kappa shape index (κ3) is 12.0. The van der Waals surface area contributed by atoms with E-state index in [-0.39, 0.29) is 13.0 Å². The molecule has 41 heavy (non-hydrogen) atoms. The van der Waals surface area contributed by atoms with Gasteiger partial charge >= 0.3 is 31.7 Å². The molecular weight excluding hydrogens is 594 g/mol. The van der Waals surface area contributed by atoms with E-state index in [2.05, 4.69) is 0 Å². The Labute approximate surface area is 241 Å². The van der Waals surface area contributed by atoms with E-state index in [0.717, 1.165) is 27.7 Å². The lowest BCUT2D eigenvalue weighted by molar-refractivity contribution is -0.236. The second-order valence-corrected chi connectivity index (χ2v) is 10.9. The van der Waals surface area contributed by atoms with Crippen LogP contribution >= 0.6 is 19.4 Å². The minimum atomic E-state index is -4.54. The van der Waals surface area contributed by atoms with Crippen LogP contribution in [0.3, 0.4) is 0 Å². The van der Waals surface area contributed by atoms with E-state index in [9.17, 15) is 23.7 Å². The topological polar surface area (TPSA) is 159 Å².